The number of amides is 3. The summed E-state index contributed by atoms with van der Waals surface area (Å²) in [5, 5.41) is 16.9. The first-order chi connectivity index (χ1) is 11.8. The van der Waals surface area contributed by atoms with Crippen molar-refractivity contribution in [1.29, 1.82) is 0 Å². The molecule has 2 aromatic rings. The highest BCUT2D eigenvalue weighted by Crippen LogP contribution is 2.40. The van der Waals surface area contributed by atoms with E-state index in [1.54, 1.807) is 62.4 Å². The molecule has 3 rings (SSSR count). The first-order valence-electron chi connectivity index (χ1n) is 7.83. The van der Waals surface area contributed by atoms with Crippen LogP contribution in [0, 0.1) is 0 Å². The van der Waals surface area contributed by atoms with E-state index in [0.717, 1.165) is 4.90 Å². The maximum absolute atomic E-state index is 12.9. The Balaban J connectivity index is 2.23. The molecule has 130 valence electrons. The number of carbonyl (C=O) groups excluding carboxylic acids is 2. The SMILES string of the molecule is CC(C)NC(=O)C1(O)c2cc(Br)ccc2NC(=O)N1c1ccccc1. The Morgan fingerprint density at radius 2 is 1.92 bits per heavy atom. The fourth-order valence-corrected chi connectivity index (χ4v) is 3.18. The minimum Gasteiger partial charge on any atom is -0.359 e. The van der Waals surface area contributed by atoms with E-state index >= 15 is 0 Å². The van der Waals surface area contributed by atoms with Crippen LogP contribution in [0.4, 0.5) is 16.2 Å². The molecule has 0 spiro atoms. The molecule has 3 N–H and O–H groups in total. The second-order valence-corrected chi connectivity index (χ2v) is 7.01. The Bertz CT molecular complexity index is 826. The van der Waals surface area contributed by atoms with Crippen LogP contribution >= 0.6 is 15.9 Å². The molecule has 0 aromatic heterocycles. The van der Waals surface area contributed by atoms with Crippen LogP contribution in [-0.4, -0.2) is 23.1 Å². The van der Waals surface area contributed by atoms with E-state index in [4.69, 9.17) is 0 Å². The zero-order chi connectivity index (χ0) is 18.2. The number of para-hydroxylation sites is 1. The molecule has 6 nitrogen and oxygen atoms in total. The largest absolute Gasteiger partial charge is 0.359 e. The number of nitrogens with zero attached hydrogens (tertiary/aromatic N) is 1. The van der Waals surface area contributed by atoms with E-state index in [9.17, 15) is 14.7 Å². The van der Waals surface area contributed by atoms with Gasteiger partial charge in [-0.15, -0.1) is 0 Å². The number of carbonyl (C=O) groups is 2. The summed E-state index contributed by atoms with van der Waals surface area (Å²) in [6.07, 6.45) is 0. The number of rotatable bonds is 3. The highest BCUT2D eigenvalue weighted by molar-refractivity contribution is 9.10. The molecule has 0 saturated heterocycles. The third-order valence-electron chi connectivity index (χ3n) is 3.88. The number of hydrogen-bond donors (Lipinski definition) is 3. The van der Waals surface area contributed by atoms with Gasteiger partial charge < -0.3 is 15.7 Å². The molecule has 1 aliphatic heterocycles. The first-order valence-corrected chi connectivity index (χ1v) is 8.63. The standard InChI is InChI=1S/C18H18BrN3O3/c1-11(2)20-16(23)18(25)14-10-12(19)8-9-15(14)21-17(24)22(18)13-6-4-3-5-7-13/h3-11,25H,1-2H3,(H,20,23)(H,21,24). The van der Waals surface area contributed by atoms with Gasteiger partial charge in [0.1, 0.15) is 0 Å². The molecule has 0 aliphatic carbocycles. The predicted octanol–water partition coefficient (Wildman–Crippen LogP) is 3.17. The second kappa shape index (κ2) is 6.50. The molecular formula is C18H18BrN3O3. The lowest BCUT2D eigenvalue weighted by Crippen LogP contribution is -2.63. The quantitative estimate of drug-likeness (QED) is 0.735. The minimum absolute atomic E-state index is 0.199. The first kappa shape index (κ1) is 17.4. The van der Waals surface area contributed by atoms with Crippen molar-refractivity contribution in [1.82, 2.24) is 5.32 Å². The van der Waals surface area contributed by atoms with Crippen molar-refractivity contribution in [3.63, 3.8) is 0 Å². The van der Waals surface area contributed by atoms with Gasteiger partial charge in [0.25, 0.3) is 11.6 Å². The van der Waals surface area contributed by atoms with Gasteiger partial charge in [0.05, 0.1) is 5.69 Å². The molecule has 0 fully saturated rings. The van der Waals surface area contributed by atoms with Crippen LogP contribution in [0.1, 0.15) is 19.4 Å². The zero-order valence-corrected chi connectivity index (χ0v) is 15.4. The lowest BCUT2D eigenvalue weighted by molar-refractivity contribution is -0.140. The Morgan fingerprint density at radius 1 is 1.24 bits per heavy atom. The number of fused-ring (bicyclic) bond motifs is 1. The van der Waals surface area contributed by atoms with Crippen LogP contribution < -0.4 is 15.5 Å². The Labute approximate surface area is 154 Å². The summed E-state index contributed by atoms with van der Waals surface area (Å²) in [5.74, 6) is -0.666. The second-order valence-electron chi connectivity index (χ2n) is 6.09. The third kappa shape index (κ3) is 3.01. The molecule has 0 radical (unpaired) electrons. The molecule has 25 heavy (non-hydrogen) atoms. The average molecular weight is 404 g/mol. The number of benzene rings is 2. The Kier molecular flexibility index (Phi) is 4.53. The van der Waals surface area contributed by atoms with Crippen molar-refractivity contribution in [2.75, 3.05) is 10.2 Å². The molecule has 3 amide bonds. The van der Waals surface area contributed by atoms with Crippen LogP contribution in [0.5, 0.6) is 0 Å². The van der Waals surface area contributed by atoms with E-state index in [1.807, 2.05) is 0 Å². The lowest BCUT2D eigenvalue weighted by atomic mass is 9.94. The van der Waals surface area contributed by atoms with Crippen LogP contribution in [0.15, 0.2) is 53.0 Å². The maximum Gasteiger partial charge on any atom is 0.329 e. The van der Waals surface area contributed by atoms with E-state index in [0.29, 0.717) is 21.4 Å². The van der Waals surface area contributed by atoms with Gasteiger partial charge >= 0.3 is 6.03 Å². The average Bonchev–Trinajstić information content (AvgIpc) is 2.56. The van der Waals surface area contributed by atoms with Crippen molar-refractivity contribution in [3.8, 4) is 0 Å². The summed E-state index contributed by atoms with van der Waals surface area (Å²) in [7, 11) is 0. The molecule has 1 atom stereocenters. The maximum atomic E-state index is 12.9. The van der Waals surface area contributed by atoms with Crippen LogP contribution in [-0.2, 0) is 10.5 Å². The summed E-state index contributed by atoms with van der Waals surface area (Å²) in [4.78, 5) is 26.7. The highest BCUT2D eigenvalue weighted by Gasteiger charge is 2.52. The smallest absolute Gasteiger partial charge is 0.329 e. The van der Waals surface area contributed by atoms with Gasteiger partial charge in [0.2, 0.25) is 0 Å². The molecule has 1 aliphatic rings. The van der Waals surface area contributed by atoms with Crippen molar-refractivity contribution < 1.29 is 14.7 Å². The van der Waals surface area contributed by atoms with E-state index in [1.165, 1.54) is 0 Å². The molecule has 7 heteroatoms. The van der Waals surface area contributed by atoms with E-state index in [-0.39, 0.29) is 6.04 Å². The summed E-state index contributed by atoms with van der Waals surface area (Å²) in [5.41, 5.74) is -1.08. The predicted molar refractivity (Wildman–Crippen MR) is 99.3 cm³/mol. The van der Waals surface area contributed by atoms with Crippen LogP contribution in [0.25, 0.3) is 0 Å². The monoisotopic (exact) mass is 403 g/mol. The van der Waals surface area contributed by atoms with Crippen molar-refractivity contribution in [2.24, 2.45) is 0 Å². The van der Waals surface area contributed by atoms with Gasteiger partial charge in [0, 0.05) is 21.8 Å². The number of aliphatic hydroxyl groups is 1. The van der Waals surface area contributed by atoms with Gasteiger partial charge in [0.15, 0.2) is 0 Å². The molecule has 0 saturated carbocycles. The third-order valence-corrected chi connectivity index (χ3v) is 4.37. The van der Waals surface area contributed by atoms with Crippen molar-refractivity contribution in [2.45, 2.75) is 25.6 Å². The zero-order valence-electron chi connectivity index (χ0n) is 13.8. The van der Waals surface area contributed by atoms with Gasteiger partial charge in [-0.1, -0.05) is 34.1 Å². The molecule has 2 aromatic carbocycles. The van der Waals surface area contributed by atoms with E-state index < -0.39 is 17.7 Å². The minimum atomic E-state index is -2.17. The number of hydrogen-bond acceptors (Lipinski definition) is 3. The Morgan fingerprint density at radius 3 is 2.56 bits per heavy atom. The topological polar surface area (TPSA) is 81.7 Å². The van der Waals surface area contributed by atoms with E-state index in [2.05, 4.69) is 26.6 Å². The molecule has 1 heterocycles. The highest BCUT2D eigenvalue weighted by atomic mass is 79.9. The summed E-state index contributed by atoms with van der Waals surface area (Å²) < 4.78 is 0.686. The van der Waals surface area contributed by atoms with Gasteiger partial charge in [-0.2, -0.15) is 0 Å². The van der Waals surface area contributed by atoms with Gasteiger partial charge in [-0.25, -0.2) is 4.79 Å². The lowest BCUT2D eigenvalue weighted by Gasteiger charge is -2.43. The molecule has 1 unspecified atom stereocenters. The number of halogens is 1. The Hall–Kier alpha value is -2.38. The summed E-state index contributed by atoms with van der Waals surface area (Å²) >= 11 is 3.36. The van der Waals surface area contributed by atoms with Crippen molar-refractivity contribution in [3.05, 3.63) is 58.6 Å². The summed E-state index contributed by atoms with van der Waals surface area (Å²) in [6, 6.07) is 12.8. The van der Waals surface area contributed by atoms with Gasteiger partial charge in [-0.3, -0.25) is 9.69 Å². The normalized spacial score (nSPS) is 19.4. The fourth-order valence-electron chi connectivity index (χ4n) is 2.82. The van der Waals surface area contributed by atoms with Crippen LogP contribution in [0.3, 0.4) is 0 Å². The number of urea groups is 1. The molecule has 0 bridgehead atoms. The number of anilines is 2. The number of nitrogens with one attached hydrogen (secondary N) is 2. The van der Waals surface area contributed by atoms with Crippen LogP contribution in [0.2, 0.25) is 0 Å². The van der Waals surface area contributed by atoms with Gasteiger partial charge in [-0.05, 0) is 44.2 Å². The van der Waals surface area contributed by atoms with Crippen molar-refractivity contribution >= 4 is 39.2 Å². The molecular weight excluding hydrogens is 386 g/mol. The fraction of sp³-hybridized carbons (Fsp3) is 0.222. The summed E-state index contributed by atoms with van der Waals surface area (Å²) in [6.45, 7) is 3.58.